The second kappa shape index (κ2) is 8.71. The van der Waals surface area contributed by atoms with Crippen LogP contribution in [0.5, 0.6) is 0 Å². The predicted octanol–water partition coefficient (Wildman–Crippen LogP) is 3.15. The Kier molecular flexibility index (Phi) is 6.11. The maximum absolute atomic E-state index is 11.6. The molecule has 28 heavy (non-hydrogen) atoms. The summed E-state index contributed by atoms with van der Waals surface area (Å²) >= 11 is 0. The Bertz CT molecular complexity index is 931. The number of rotatable bonds is 6. The first-order chi connectivity index (χ1) is 13.4. The lowest BCUT2D eigenvalue weighted by Crippen LogP contribution is -2.19. The second-order valence-corrected chi connectivity index (χ2v) is 7.03. The summed E-state index contributed by atoms with van der Waals surface area (Å²) in [6.07, 6.45) is 0. The minimum Gasteiger partial charge on any atom is -0.354 e. The minimum absolute atomic E-state index is 0.240. The first kappa shape index (κ1) is 19.6. The SMILES string of the molecule is CNC(=O)c1ccc(-c2ccc(CN(C)Cc3cc(C)cc(C)n3)cc2)nn1. The molecule has 0 radical (unpaired) electrons. The zero-order chi connectivity index (χ0) is 20.1. The number of hydrogen-bond acceptors (Lipinski definition) is 5. The maximum atomic E-state index is 11.6. The molecule has 0 aliphatic rings. The van der Waals surface area contributed by atoms with Gasteiger partial charge in [0.1, 0.15) is 0 Å². The van der Waals surface area contributed by atoms with E-state index in [1.54, 1.807) is 13.1 Å². The lowest BCUT2D eigenvalue weighted by atomic mass is 10.1. The summed E-state index contributed by atoms with van der Waals surface area (Å²) in [6.45, 7) is 5.76. The largest absolute Gasteiger partial charge is 0.354 e. The van der Waals surface area contributed by atoms with E-state index in [-0.39, 0.29) is 5.91 Å². The Morgan fingerprint density at radius 1 is 1.00 bits per heavy atom. The quantitative estimate of drug-likeness (QED) is 0.717. The van der Waals surface area contributed by atoms with E-state index in [4.69, 9.17) is 0 Å². The molecule has 0 saturated carbocycles. The van der Waals surface area contributed by atoms with Crippen LogP contribution in [0.4, 0.5) is 0 Å². The fraction of sp³-hybridized carbons (Fsp3) is 0.273. The van der Waals surface area contributed by atoms with Crippen LogP contribution >= 0.6 is 0 Å². The van der Waals surface area contributed by atoms with Gasteiger partial charge in [0.2, 0.25) is 0 Å². The highest BCUT2D eigenvalue weighted by Crippen LogP contribution is 2.18. The van der Waals surface area contributed by atoms with E-state index in [2.05, 4.69) is 63.6 Å². The Balaban J connectivity index is 1.64. The molecule has 0 aliphatic carbocycles. The molecule has 0 saturated heterocycles. The van der Waals surface area contributed by atoms with E-state index in [1.165, 1.54) is 11.1 Å². The number of amides is 1. The number of nitrogens with one attached hydrogen (secondary N) is 1. The van der Waals surface area contributed by atoms with Crippen LogP contribution in [0.25, 0.3) is 11.3 Å². The predicted molar refractivity (Wildman–Crippen MR) is 110 cm³/mol. The van der Waals surface area contributed by atoms with Crippen LogP contribution in [0.2, 0.25) is 0 Å². The zero-order valence-electron chi connectivity index (χ0n) is 16.7. The average Bonchev–Trinajstić information content (AvgIpc) is 2.67. The molecule has 6 nitrogen and oxygen atoms in total. The minimum atomic E-state index is -0.240. The van der Waals surface area contributed by atoms with E-state index in [0.717, 1.165) is 35.7 Å². The van der Waals surface area contributed by atoms with Gasteiger partial charge in [-0.05, 0) is 56.3 Å². The number of hydrogen-bond donors (Lipinski definition) is 1. The standard InChI is InChI=1S/C22H25N5O/c1-15-11-16(2)24-19(12-15)14-27(4)13-17-5-7-18(8-6-17)20-9-10-21(26-25-20)22(28)23-3/h5-12H,13-14H2,1-4H3,(H,23,28). The van der Waals surface area contributed by atoms with Crippen molar-refractivity contribution in [3.05, 3.63) is 76.7 Å². The van der Waals surface area contributed by atoms with Crippen LogP contribution in [-0.4, -0.2) is 40.1 Å². The van der Waals surface area contributed by atoms with E-state index in [0.29, 0.717) is 5.69 Å². The van der Waals surface area contributed by atoms with Crippen molar-refractivity contribution >= 4 is 5.91 Å². The van der Waals surface area contributed by atoms with Crippen LogP contribution in [0.1, 0.15) is 33.0 Å². The number of aryl methyl sites for hydroxylation is 2. The molecule has 2 aromatic heterocycles. The van der Waals surface area contributed by atoms with Crippen molar-refractivity contribution in [2.24, 2.45) is 0 Å². The Morgan fingerprint density at radius 3 is 2.36 bits per heavy atom. The third-order valence-electron chi connectivity index (χ3n) is 4.41. The highest BCUT2D eigenvalue weighted by atomic mass is 16.1. The molecule has 3 rings (SSSR count). The van der Waals surface area contributed by atoms with Gasteiger partial charge in [0.25, 0.3) is 5.91 Å². The van der Waals surface area contributed by atoms with Crippen LogP contribution in [-0.2, 0) is 13.1 Å². The molecule has 1 N–H and O–H groups in total. The Hall–Kier alpha value is -3.12. The second-order valence-electron chi connectivity index (χ2n) is 7.03. The fourth-order valence-corrected chi connectivity index (χ4v) is 3.17. The van der Waals surface area contributed by atoms with Gasteiger partial charge in [-0.15, -0.1) is 10.2 Å². The molecule has 0 aliphatic heterocycles. The molecule has 0 fully saturated rings. The highest BCUT2D eigenvalue weighted by molar-refractivity contribution is 5.92. The molecule has 0 atom stereocenters. The van der Waals surface area contributed by atoms with Crippen molar-refractivity contribution in [3.63, 3.8) is 0 Å². The molecule has 6 heteroatoms. The number of benzene rings is 1. The zero-order valence-corrected chi connectivity index (χ0v) is 16.7. The number of nitrogens with zero attached hydrogens (tertiary/aromatic N) is 4. The smallest absolute Gasteiger partial charge is 0.271 e. The van der Waals surface area contributed by atoms with Gasteiger partial charge >= 0.3 is 0 Å². The van der Waals surface area contributed by atoms with Gasteiger partial charge in [-0.2, -0.15) is 0 Å². The molecule has 1 aromatic carbocycles. The lowest BCUT2D eigenvalue weighted by Gasteiger charge is -2.17. The molecule has 2 heterocycles. The first-order valence-electron chi connectivity index (χ1n) is 9.22. The summed E-state index contributed by atoms with van der Waals surface area (Å²) in [5.74, 6) is -0.240. The average molecular weight is 375 g/mol. The lowest BCUT2D eigenvalue weighted by molar-refractivity contribution is 0.0957. The summed E-state index contributed by atoms with van der Waals surface area (Å²) in [7, 11) is 3.67. The van der Waals surface area contributed by atoms with Crippen LogP contribution in [0.3, 0.4) is 0 Å². The first-order valence-corrected chi connectivity index (χ1v) is 9.22. The van der Waals surface area contributed by atoms with Crippen LogP contribution in [0.15, 0.2) is 48.5 Å². The number of carbonyl (C=O) groups is 1. The summed E-state index contributed by atoms with van der Waals surface area (Å²) in [5.41, 5.74) is 6.61. The summed E-state index contributed by atoms with van der Waals surface area (Å²) in [6, 6.07) is 16.0. The molecular weight excluding hydrogens is 350 g/mol. The number of pyridine rings is 1. The van der Waals surface area contributed by atoms with Gasteiger partial charge in [0.05, 0.1) is 11.4 Å². The Labute approximate surface area is 165 Å². The van der Waals surface area contributed by atoms with Crippen molar-refractivity contribution in [2.45, 2.75) is 26.9 Å². The van der Waals surface area contributed by atoms with Gasteiger partial charge in [-0.1, -0.05) is 24.3 Å². The topological polar surface area (TPSA) is 71.0 Å². The van der Waals surface area contributed by atoms with Gasteiger partial charge in [0, 0.05) is 31.4 Å². The third kappa shape index (κ3) is 4.98. The van der Waals surface area contributed by atoms with E-state index in [1.807, 2.05) is 25.1 Å². The van der Waals surface area contributed by atoms with Gasteiger partial charge in [0.15, 0.2) is 5.69 Å². The summed E-state index contributed by atoms with van der Waals surface area (Å²) < 4.78 is 0. The third-order valence-corrected chi connectivity index (χ3v) is 4.41. The van der Waals surface area contributed by atoms with E-state index >= 15 is 0 Å². The molecule has 144 valence electrons. The van der Waals surface area contributed by atoms with E-state index < -0.39 is 0 Å². The van der Waals surface area contributed by atoms with Gasteiger partial charge in [-0.3, -0.25) is 14.7 Å². The van der Waals surface area contributed by atoms with Gasteiger partial charge < -0.3 is 5.32 Å². The van der Waals surface area contributed by atoms with Crippen molar-refractivity contribution in [3.8, 4) is 11.3 Å². The van der Waals surface area contributed by atoms with Crippen molar-refractivity contribution in [1.82, 2.24) is 25.4 Å². The molecule has 3 aromatic rings. The fourth-order valence-electron chi connectivity index (χ4n) is 3.17. The van der Waals surface area contributed by atoms with E-state index in [9.17, 15) is 4.79 Å². The maximum Gasteiger partial charge on any atom is 0.271 e. The van der Waals surface area contributed by atoms with Crippen molar-refractivity contribution in [1.29, 1.82) is 0 Å². The molecule has 0 spiro atoms. The molecular formula is C22H25N5O. The molecule has 0 bridgehead atoms. The molecule has 0 unspecified atom stereocenters. The van der Waals surface area contributed by atoms with Crippen LogP contribution in [0, 0.1) is 13.8 Å². The van der Waals surface area contributed by atoms with Crippen molar-refractivity contribution in [2.75, 3.05) is 14.1 Å². The number of aromatic nitrogens is 3. The monoisotopic (exact) mass is 375 g/mol. The highest BCUT2D eigenvalue weighted by Gasteiger charge is 2.08. The Morgan fingerprint density at radius 2 is 1.75 bits per heavy atom. The number of carbonyl (C=O) groups excluding carboxylic acids is 1. The van der Waals surface area contributed by atoms with Crippen LogP contribution < -0.4 is 5.32 Å². The summed E-state index contributed by atoms with van der Waals surface area (Å²) in [4.78, 5) is 18.4. The summed E-state index contributed by atoms with van der Waals surface area (Å²) in [5, 5.41) is 10.7. The van der Waals surface area contributed by atoms with Crippen molar-refractivity contribution < 1.29 is 4.79 Å². The van der Waals surface area contributed by atoms with Gasteiger partial charge in [-0.25, -0.2) is 0 Å². The normalized spacial score (nSPS) is 10.9. The molecule has 1 amide bonds.